The second-order valence-corrected chi connectivity index (χ2v) is 11.8. The van der Waals surface area contributed by atoms with E-state index in [0.717, 1.165) is 25.7 Å². The summed E-state index contributed by atoms with van der Waals surface area (Å²) in [7, 11) is 1.08. The van der Waals surface area contributed by atoms with Gasteiger partial charge in [0.1, 0.15) is 19.8 Å². The number of hydrogen-bond donors (Lipinski definition) is 2. The minimum atomic E-state index is -4.60. The fourth-order valence-corrected chi connectivity index (χ4v) is 3.63. The maximum absolute atomic E-state index is 11.9. The Bertz CT molecular complexity index is 787. The van der Waals surface area contributed by atoms with E-state index in [1.165, 1.54) is 32.6 Å². The molecule has 0 aliphatic carbocycles. The van der Waals surface area contributed by atoms with Gasteiger partial charge >= 0.3 is 0 Å². The van der Waals surface area contributed by atoms with Crippen LogP contribution in [0, 0.1) is 0 Å². The molecule has 38 heavy (non-hydrogen) atoms. The molecular weight excluding hydrogens is 507 g/mol. The van der Waals surface area contributed by atoms with E-state index in [9.17, 15) is 19.4 Å². The highest BCUT2D eigenvalue weighted by molar-refractivity contribution is 7.45. The number of unbranched alkanes of at least 4 members (excludes halogenated alkanes) is 4. The zero-order valence-corrected chi connectivity index (χ0v) is 25.0. The van der Waals surface area contributed by atoms with Gasteiger partial charge in [0.25, 0.3) is 7.82 Å². The van der Waals surface area contributed by atoms with Crippen LogP contribution in [0.3, 0.4) is 0 Å². The van der Waals surface area contributed by atoms with Crippen molar-refractivity contribution in [2.45, 2.75) is 83.8 Å². The number of carbonyl (C=O) groups is 1. The molecule has 0 aromatic rings. The third-order valence-electron chi connectivity index (χ3n) is 5.12. The number of quaternary nitrogens is 1. The molecular formula is C28H51N2O7P. The number of likely N-dealkylation sites (N-methyl/N-ethyl adjacent to an activating group) is 1. The molecule has 0 radical (unpaired) electrons. The molecule has 0 fully saturated rings. The molecule has 2 N–H and O–H groups in total. The molecule has 2 atom stereocenters. The molecule has 1 amide bonds. The second kappa shape index (κ2) is 21.3. The lowest BCUT2D eigenvalue weighted by Crippen LogP contribution is -2.42. The van der Waals surface area contributed by atoms with Crippen LogP contribution in [0.1, 0.15) is 78.1 Å². The Balaban J connectivity index is 3.89. The number of allylic oxidation sites excluding steroid dienone is 8. The molecule has 0 aromatic carbocycles. The molecule has 0 aromatic heterocycles. The van der Waals surface area contributed by atoms with Crippen LogP contribution in [0.15, 0.2) is 48.6 Å². The number of hydrogen-bond acceptors (Lipinski definition) is 7. The van der Waals surface area contributed by atoms with Crippen LogP contribution in [-0.2, 0) is 23.2 Å². The number of hydroxylamine groups is 1. The van der Waals surface area contributed by atoms with E-state index >= 15 is 0 Å². The summed E-state index contributed by atoms with van der Waals surface area (Å²) in [6, 6.07) is 0. The molecule has 0 spiro atoms. The highest BCUT2D eigenvalue weighted by Crippen LogP contribution is 2.39. The molecule has 0 saturated carbocycles. The van der Waals surface area contributed by atoms with Crippen molar-refractivity contribution in [1.29, 1.82) is 0 Å². The lowest BCUT2D eigenvalue weighted by molar-refractivity contribution is -0.870. The topological polar surface area (TPSA) is 117 Å². The van der Waals surface area contributed by atoms with Gasteiger partial charge in [0.15, 0.2) is 0 Å². The zero-order valence-electron chi connectivity index (χ0n) is 24.1. The third kappa shape index (κ3) is 26.0. The lowest BCUT2D eigenvalue weighted by Gasteiger charge is -2.29. The fraction of sp³-hybridized carbons (Fsp3) is 0.679. The van der Waals surface area contributed by atoms with E-state index in [1.807, 2.05) is 27.2 Å². The van der Waals surface area contributed by atoms with Crippen molar-refractivity contribution in [3.8, 4) is 0 Å². The molecule has 0 aliphatic heterocycles. The molecule has 0 saturated heterocycles. The molecule has 220 valence electrons. The number of nitrogens with zero attached hydrogens (tertiary/aromatic N) is 1. The first-order valence-electron chi connectivity index (χ1n) is 13.6. The normalized spacial score (nSPS) is 16.1. The minimum Gasteiger partial charge on any atom is -0.756 e. The predicted octanol–water partition coefficient (Wildman–Crippen LogP) is 5.10. The lowest BCUT2D eigenvalue weighted by atomic mass is 10.2. The van der Waals surface area contributed by atoms with Crippen LogP contribution >= 0.6 is 7.82 Å². The van der Waals surface area contributed by atoms with Crippen molar-refractivity contribution in [2.24, 2.45) is 0 Å². The van der Waals surface area contributed by atoms with E-state index < -0.39 is 26.1 Å². The number of aliphatic hydroxyl groups is 1. The van der Waals surface area contributed by atoms with E-state index in [4.69, 9.17) is 9.36 Å². The van der Waals surface area contributed by atoms with E-state index in [-0.39, 0.29) is 13.0 Å². The van der Waals surface area contributed by atoms with Gasteiger partial charge in [-0.15, -0.1) is 0 Å². The van der Waals surface area contributed by atoms with Crippen LogP contribution in [0.2, 0.25) is 0 Å². The van der Waals surface area contributed by atoms with E-state index in [2.05, 4.69) is 59.5 Å². The summed E-state index contributed by atoms with van der Waals surface area (Å²) >= 11 is 0. The van der Waals surface area contributed by atoms with Crippen molar-refractivity contribution in [1.82, 2.24) is 5.48 Å². The first kappa shape index (κ1) is 36.4. The smallest absolute Gasteiger partial charge is 0.268 e. The molecule has 0 heterocycles. The summed E-state index contributed by atoms with van der Waals surface area (Å²) in [5.74, 6) is -2.46. The highest BCUT2D eigenvalue weighted by atomic mass is 31.2. The van der Waals surface area contributed by atoms with Crippen molar-refractivity contribution in [3.05, 3.63) is 48.6 Å². The average molecular weight is 559 g/mol. The van der Waals surface area contributed by atoms with E-state index in [0.29, 0.717) is 17.4 Å². The Morgan fingerprint density at radius 1 is 0.921 bits per heavy atom. The Kier molecular flexibility index (Phi) is 20.4. The molecule has 9 nitrogen and oxygen atoms in total. The third-order valence-corrected chi connectivity index (χ3v) is 6.06. The van der Waals surface area contributed by atoms with Gasteiger partial charge in [0.05, 0.1) is 21.1 Å². The number of phosphoric acid groups is 1. The van der Waals surface area contributed by atoms with Gasteiger partial charge in [0, 0.05) is 6.42 Å². The zero-order chi connectivity index (χ0) is 28.8. The number of nitrogens with one attached hydrogen (secondary N) is 1. The Hall–Kier alpha value is -1.58. The summed E-state index contributed by atoms with van der Waals surface area (Å²) in [4.78, 5) is 28.6. The van der Waals surface area contributed by atoms with Crippen molar-refractivity contribution in [2.75, 3.05) is 40.9 Å². The highest BCUT2D eigenvalue weighted by Gasteiger charge is 2.26. The summed E-state index contributed by atoms with van der Waals surface area (Å²) < 4.78 is 21.7. The number of rotatable bonds is 23. The molecule has 10 heteroatoms. The quantitative estimate of drug-likeness (QED) is 0.0448. The van der Waals surface area contributed by atoms with Crippen molar-refractivity contribution >= 4 is 13.7 Å². The van der Waals surface area contributed by atoms with Crippen LogP contribution in [-0.4, -0.2) is 62.2 Å². The average Bonchev–Trinajstić information content (AvgIpc) is 2.83. The first-order valence-corrected chi connectivity index (χ1v) is 15.0. The Labute approximate surface area is 230 Å². The van der Waals surface area contributed by atoms with Crippen LogP contribution < -0.4 is 10.4 Å². The fourth-order valence-electron chi connectivity index (χ4n) is 2.85. The number of carbonyl (C=O) groups excluding carboxylic acids is 1. The van der Waals surface area contributed by atoms with Gasteiger partial charge in [-0.05, 0) is 51.9 Å². The Morgan fingerprint density at radius 2 is 1.45 bits per heavy atom. The van der Waals surface area contributed by atoms with Crippen LogP contribution in [0.25, 0.3) is 0 Å². The maximum Gasteiger partial charge on any atom is 0.268 e. The molecule has 0 bridgehead atoms. The van der Waals surface area contributed by atoms with E-state index in [1.54, 1.807) is 0 Å². The second-order valence-electron chi connectivity index (χ2n) is 10.4. The first-order chi connectivity index (χ1) is 17.9. The van der Waals surface area contributed by atoms with Crippen molar-refractivity contribution < 1.29 is 37.7 Å². The van der Waals surface area contributed by atoms with Gasteiger partial charge in [-0.2, -0.15) is 0 Å². The SMILES string of the molecule is CCCCC/C=C\C/C=C\C/C=C\C/C=C\CCCC(=O)NOC(C)(O)COP(=O)([O-])OCC[N+](C)(C)C. The van der Waals surface area contributed by atoms with Crippen LogP contribution in [0.5, 0.6) is 0 Å². The maximum atomic E-state index is 11.9. The predicted molar refractivity (Wildman–Crippen MR) is 151 cm³/mol. The Morgan fingerprint density at radius 3 is 1.97 bits per heavy atom. The van der Waals surface area contributed by atoms with Gasteiger partial charge < -0.3 is 23.5 Å². The number of phosphoric ester groups is 1. The molecule has 0 aliphatic rings. The van der Waals surface area contributed by atoms with Gasteiger partial charge in [-0.25, -0.2) is 10.3 Å². The van der Waals surface area contributed by atoms with Crippen LogP contribution in [0.4, 0.5) is 0 Å². The monoisotopic (exact) mass is 558 g/mol. The van der Waals surface area contributed by atoms with Gasteiger partial charge in [-0.3, -0.25) is 9.36 Å². The summed E-state index contributed by atoms with van der Waals surface area (Å²) in [5.41, 5.74) is 2.13. The minimum absolute atomic E-state index is 0.0521. The summed E-state index contributed by atoms with van der Waals surface area (Å²) in [5, 5.41) is 10.1. The van der Waals surface area contributed by atoms with Gasteiger partial charge in [-0.1, -0.05) is 68.4 Å². The largest absolute Gasteiger partial charge is 0.756 e. The standard InChI is InChI=1S/C28H51N2O7P/c1-6-7-8-9-10-11-12-13-14-15-16-17-18-19-20-21-22-23-27(31)29-37-28(2,32)26-36-38(33,34)35-25-24-30(3,4)5/h10-11,13-14,16-17,19-20,32H,6-9,12,15,18,21-26H2,1-5H3,(H-,29,31,33,34)/b11-10-,14-13-,17-16-,20-19-. The van der Waals surface area contributed by atoms with Crippen molar-refractivity contribution in [3.63, 3.8) is 0 Å². The summed E-state index contributed by atoms with van der Waals surface area (Å²) in [6.45, 7) is 3.08. The number of amides is 1. The summed E-state index contributed by atoms with van der Waals surface area (Å²) in [6.07, 6.45) is 26.5. The molecule has 0 rings (SSSR count). The molecule has 2 unspecified atom stereocenters. The van der Waals surface area contributed by atoms with Gasteiger partial charge in [0.2, 0.25) is 11.7 Å².